The molecule has 0 bridgehead atoms. The van der Waals surface area contributed by atoms with Crippen molar-refractivity contribution in [2.24, 2.45) is 0 Å². The van der Waals surface area contributed by atoms with Crippen LogP contribution >= 0.6 is 0 Å². The number of hydrogen-bond donors (Lipinski definition) is 0. The van der Waals surface area contributed by atoms with Gasteiger partial charge in [-0.05, 0) is 0 Å². The Morgan fingerprint density at radius 2 is 1.12 bits per heavy atom. The number of aromatic nitrogens is 3. The monoisotopic (exact) mass is 815 g/mol. The van der Waals surface area contributed by atoms with E-state index in [0.717, 1.165) is 28.3 Å². The second kappa shape index (κ2) is 12.8. The summed E-state index contributed by atoms with van der Waals surface area (Å²) in [4.78, 5) is 11.5. The minimum absolute atomic E-state index is 0.178. The van der Waals surface area contributed by atoms with Crippen molar-refractivity contribution in [2.75, 3.05) is 0 Å². The van der Waals surface area contributed by atoms with Gasteiger partial charge in [0.05, 0.1) is 0 Å². The number of hydrogen-bond acceptors (Lipinski definition) is 2. The van der Waals surface area contributed by atoms with Crippen LogP contribution in [0.2, 0.25) is 0 Å². The maximum atomic E-state index is 5.85. The predicted molar refractivity (Wildman–Crippen MR) is 247 cm³/mol. The van der Waals surface area contributed by atoms with Gasteiger partial charge in [0.1, 0.15) is 0 Å². The fourth-order valence-electron chi connectivity index (χ4n) is 10.6. The first-order valence-electron chi connectivity index (χ1n) is 20.5. The molecule has 2 aromatic heterocycles. The van der Waals surface area contributed by atoms with Gasteiger partial charge in [-0.1, -0.05) is 12.1 Å². The van der Waals surface area contributed by atoms with Gasteiger partial charge in [-0.15, -0.1) is 0 Å². The molecule has 4 heteroatoms. The molecule has 2 aliphatic rings. The summed E-state index contributed by atoms with van der Waals surface area (Å²) in [6.45, 7) is 4.77. The summed E-state index contributed by atoms with van der Waals surface area (Å²) in [5.41, 5.74) is 14.3. The summed E-state index contributed by atoms with van der Waals surface area (Å²) in [5, 5.41) is 2.52. The van der Waals surface area contributed by atoms with E-state index in [4.69, 9.17) is 9.97 Å². The quantitative estimate of drug-likeness (QED) is 0.162. The van der Waals surface area contributed by atoms with Gasteiger partial charge in [0.25, 0.3) is 0 Å². The second-order valence-electron chi connectivity index (χ2n) is 16.5. The van der Waals surface area contributed by atoms with Crippen LogP contribution in [0.3, 0.4) is 0 Å². The van der Waals surface area contributed by atoms with Crippen LogP contribution in [0.5, 0.6) is 0 Å². The normalized spacial score (nSPS) is 14.2. The summed E-state index contributed by atoms with van der Waals surface area (Å²) in [7, 11) is 0. The maximum absolute atomic E-state index is 5.85. The Morgan fingerprint density at radius 1 is 0.492 bits per heavy atom. The summed E-state index contributed by atoms with van der Waals surface area (Å²) >= 11 is -3.69. The van der Waals surface area contributed by atoms with E-state index in [1.807, 2.05) is 0 Å². The van der Waals surface area contributed by atoms with Crippen LogP contribution in [0.25, 0.3) is 72.4 Å². The van der Waals surface area contributed by atoms with Crippen molar-refractivity contribution in [3.63, 3.8) is 0 Å². The molecule has 0 unspecified atom stereocenters. The molecule has 3 heterocycles. The van der Waals surface area contributed by atoms with Gasteiger partial charge < -0.3 is 0 Å². The minimum atomic E-state index is -3.69. The average Bonchev–Trinajstić information content (AvgIpc) is 3.88. The van der Waals surface area contributed by atoms with E-state index in [0.29, 0.717) is 0 Å². The van der Waals surface area contributed by atoms with Crippen LogP contribution in [0.1, 0.15) is 25.0 Å². The molecule has 0 atom stereocenters. The van der Waals surface area contributed by atoms with Gasteiger partial charge >= 0.3 is 336 Å². The summed E-state index contributed by atoms with van der Waals surface area (Å²) in [6, 6.07) is 73.5. The molecule has 1 aliphatic carbocycles. The molecule has 0 saturated carbocycles. The molecule has 0 fully saturated rings. The molecular weight excluding hydrogens is 775 g/mol. The zero-order chi connectivity index (χ0) is 39.3. The Balaban J connectivity index is 1.16. The molecule has 59 heavy (non-hydrogen) atoms. The van der Waals surface area contributed by atoms with Gasteiger partial charge in [-0.25, -0.2) is 0 Å². The topological polar surface area (TPSA) is 30.7 Å². The molecule has 0 N–H and O–H groups in total. The van der Waals surface area contributed by atoms with Crippen LogP contribution in [0.15, 0.2) is 200 Å². The number of para-hydroxylation sites is 1. The number of fused-ring (bicyclic) bond motifs is 10. The third-order valence-corrected chi connectivity index (χ3v) is 22.9. The molecular formula is C55H39GeN3. The SMILES string of the molecule is CC1(C)c2ccccc2-c2ccc3c4ccccc4n(-c4cccc(-c5nc(-c6ccccc6)c6[c](n5)[Ge]([c]5ccccc5)([c]5ccccc5)[c]5ccccc5-6)c4)c3c21. The van der Waals surface area contributed by atoms with E-state index < -0.39 is 13.3 Å². The first-order valence-corrected chi connectivity index (χ1v) is 24.7. The Kier molecular flexibility index (Phi) is 7.45. The average molecular weight is 815 g/mol. The first-order chi connectivity index (χ1) is 29.0. The van der Waals surface area contributed by atoms with Crippen molar-refractivity contribution in [2.45, 2.75) is 19.3 Å². The predicted octanol–water partition coefficient (Wildman–Crippen LogP) is 10.6. The van der Waals surface area contributed by atoms with Crippen molar-refractivity contribution in [1.82, 2.24) is 14.5 Å². The summed E-state index contributed by atoms with van der Waals surface area (Å²) < 4.78 is 7.82. The van der Waals surface area contributed by atoms with Crippen LogP contribution in [-0.4, -0.2) is 27.8 Å². The van der Waals surface area contributed by atoms with E-state index in [1.165, 1.54) is 72.9 Å². The van der Waals surface area contributed by atoms with Crippen LogP contribution in [0, 0.1) is 0 Å². The Labute approximate surface area is 346 Å². The Bertz CT molecular complexity index is 3250. The molecule has 0 radical (unpaired) electrons. The molecule has 278 valence electrons. The van der Waals surface area contributed by atoms with E-state index in [1.54, 1.807) is 0 Å². The summed E-state index contributed by atoms with van der Waals surface area (Å²) in [5.74, 6) is 0.748. The Hall–Kier alpha value is -6.82. The number of benzene rings is 8. The van der Waals surface area contributed by atoms with Crippen molar-refractivity contribution in [3.8, 4) is 50.6 Å². The number of nitrogens with zero attached hydrogens (tertiary/aromatic N) is 3. The van der Waals surface area contributed by atoms with Crippen molar-refractivity contribution in [3.05, 3.63) is 211 Å². The van der Waals surface area contributed by atoms with E-state index in [-0.39, 0.29) is 5.41 Å². The van der Waals surface area contributed by atoms with Crippen molar-refractivity contribution >= 4 is 52.8 Å². The standard InChI is InChI=1S/C55H39GeN3/c1-55(2)46-30-15-12-27-41(46)43-33-34-44-42-28-14-17-32-48(42)59(52(44)50(43)55)40-26-18-21-37(35-40)54-57-51(36-19-6-3-7-20-36)49-45-29-13-16-31-47(45)56(53(49)58-54,38-22-8-4-9-23-38)39-24-10-5-11-25-39/h3-35H,1-2H3. The molecule has 0 saturated heterocycles. The molecule has 3 nitrogen and oxygen atoms in total. The van der Waals surface area contributed by atoms with Gasteiger partial charge in [0.2, 0.25) is 0 Å². The van der Waals surface area contributed by atoms with Gasteiger partial charge in [-0.2, -0.15) is 0 Å². The van der Waals surface area contributed by atoms with Crippen LogP contribution < -0.4 is 17.7 Å². The third-order valence-electron chi connectivity index (χ3n) is 13.0. The van der Waals surface area contributed by atoms with E-state index in [2.05, 4.69) is 219 Å². The summed E-state index contributed by atoms with van der Waals surface area (Å²) in [6.07, 6.45) is 0. The van der Waals surface area contributed by atoms with Crippen LogP contribution in [0.4, 0.5) is 0 Å². The zero-order valence-corrected chi connectivity index (χ0v) is 35.0. The third kappa shape index (κ3) is 4.77. The second-order valence-corrected chi connectivity index (χ2v) is 24.2. The fourth-order valence-corrected chi connectivity index (χ4v) is 21.1. The van der Waals surface area contributed by atoms with Crippen molar-refractivity contribution < 1.29 is 0 Å². The molecule has 10 aromatic rings. The van der Waals surface area contributed by atoms with Gasteiger partial charge in [-0.3, -0.25) is 0 Å². The molecule has 1 aliphatic heterocycles. The molecule has 0 amide bonds. The first kappa shape index (κ1) is 34.2. The van der Waals surface area contributed by atoms with Crippen LogP contribution in [-0.2, 0) is 5.41 Å². The van der Waals surface area contributed by atoms with E-state index >= 15 is 0 Å². The fraction of sp³-hybridized carbons (Fsp3) is 0.0545. The van der Waals surface area contributed by atoms with Crippen molar-refractivity contribution in [1.29, 1.82) is 0 Å². The molecule has 12 rings (SSSR count). The van der Waals surface area contributed by atoms with Gasteiger partial charge in [0, 0.05) is 0 Å². The van der Waals surface area contributed by atoms with Gasteiger partial charge in [0.15, 0.2) is 0 Å². The zero-order valence-electron chi connectivity index (χ0n) is 32.9. The molecule has 8 aromatic carbocycles. The number of rotatable bonds is 5. The molecule has 0 spiro atoms. The van der Waals surface area contributed by atoms with E-state index in [9.17, 15) is 0 Å². The Morgan fingerprint density at radius 3 is 1.88 bits per heavy atom.